The molecule has 1 atom stereocenters. The summed E-state index contributed by atoms with van der Waals surface area (Å²) >= 11 is 0. The largest absolute Gasteiger partial charge is 0.340 e. The average molecular weight is 349 g/mol. The summed E-state index contributed by atoms with van der Waals surface area (Å²) in [6.07, 6.45) is 7.43. The monoisotopic (exact) mass is 349 g/mol. The first-order valence-electron chi connectivity index (χ1n) is 8.35. The van der Waals surface area contributed by atoms with Gasteiger partial charge in [-0.3, -0.25) is 14.5 Å². The van der Waals surface area contributed by atoms with Gasteiger partial charge in [-0.25, -0.2) is 8.78 Å². The molecule has 0 bridgehead atoms. The van der Waals surface area contributed by atoms with Gasteiger partial charge in [-0.2, -0.15) is 5.26 Å². The van der Waals surface area contributed by atoms with Crippen molar-refractivity contribution < 1.29 is 18.4 Å². The van der Waals surface area contributed by atoms with E-state index in [9.17, 15) is 18.4 Å². The average Bonchev–Trinajstić information content (AvgIpc) is 2.62. The van der Waals surface area contributed by atoms with Crippen molar-refractivity contribution in [1.29, 1.82) is 5.26 Å². The Morgan fingerprint density at radius 2 is 1.96 bits per heavy atom. The van der Waals surface area contributed by atoms with Crippen molar-refractivity contribution in [3.63, 3.8) is 0 Å². The Kier molecular flexibility index (Phi) is 6.45. The molecule has 0 unspecified atom stereocenters. The van der Waals surface area contributed by atoms with Crippen LogP contribution < -0.4 is 5.32 Å². The van der Waals surface area contributed by atoms with E-state index in [0.717, 1.165) is 55.2 Å². The zero-order valence-corrected chi connectivity index (χ0v) is 14.1. The highest BCUT2D eigenvalue weighted by Crippen LogP contribution is 2.27. The van der Waals surface area contributed by atoms with Gasteiger partial charge in [-0.1, -0.05) is 32.1 Å². The summed E-state index contributed by atoms with van der Waals surface area (Å²) < 4.78 is 26.3. The molecule has 1 fully saturated rings. The highest BCUT2D eigenvalue weighted by molar-refractivity contribution is 5.97. The van der Waals surface area contributed by atoms with Crippen LogP contribution in [0.5, 0.6) is 0 Å². The van der Waals surface area contributed by atoms with Crippen LogP contribution >= 0.6 is 0 Å². The van der Waals surface area contributed by atoms with Crippen molar-refractivity contribution in [3.8, 4) is 6.19 Å². The van der Waals surface area contributed by atoms with Gasteiger partial charge in [-0.05, 0) is 30.5 Å². The normalized spacial score (nSPS) is 15.9. The van der Waals surface area contributed by atoms with E-state index >= 15 is 0 Å². The topological polar surface area (TPSA) is 73.2 Å². The first-order valence-corrected chi connectivity index (χ1v) is 8.35. The zero-order valence-electron chi connectivity index (χ0n) is 14.1. The number of rotatable bonds is 5. The molecule has 0 radical (unpaired) electrons. The van der Waals surface area contributed by atoms with E-state index in [-0.39, 0.29) is 5.56 Å². The molecule has 0 saturated heterocycles. The highest BCUT2D eigenvalue weighted by atomic mass is 19.2. The van der Waals surface area contributed by atoms with Crippen molar-refractivity contribution in [2.45, 2.75) is 44.6 Å². The summed E-state index contributed by atoms with van der Waals surface area (Å²) in [4.78, 5) is 25.6. The molecule has 1 aromatic carbocycles. The van der Waals surface area contributed by atoms with Crippen molar-refractivity contribution >= 4 is 11.8 Å². The molecule has 1 aliphatic carbocycles. The van der Waals surface area contributed by atoms with Gasteiger partial charge in [-0.15, -0.1) is 0 Å². The molecule has 25 heavy (non-hydrogen) atoms. The molecule has 0 aliphatic heterocycles. The van der Waals surface area contributed by atoms with Crippen LogP contribution in [0.15, 0.2) is 18.2 Å². The number of carbonyl (C=O) groups excluding carboxylic acids is 2. The maximum Gasteiger partial charge on any atom is 0.257 e. The standard InChI is InChI=1S/C18H21F2N3O2/c1-23(11-21)18(25)16(9-12-5-3-2-4-6-12)22-17(24)13-7-8-14(19)15(20)10-13/h7-8,10,12,16H,2-6,9H2,1H3,(H,22,24)/t16-/m0/s1. The fourth-order valence-electron chi connectivity index (χ4n) is 3.14. The van der Waals surface area contributed by atoms with Gasteiger partial charge < -0.3 is 5.32 Å². The predicted molar refractivity (Wildman–Crippen MR) is 87.2 cm³/mol. The van der Waals surface area contributed by atoms with Gasteiger partial charge in [0.15, 0.2) is 17.8 Å². The molecule has 1 N–H and O–H groups in total. The van der Waals surface area contributed by atoms with Crippen LogP contribution in [0.3, 0.4) is 0 Å². The maximum absolute atomic E-state index is 13.3. The van der Waals surface area contributed by atoms with Gasteiger partial charge in [0.25, 0.3) is 11.8 Å². The Morgan fingerprint density at radius 3 is 2.56 bits per heavy atom. The molecule has 1 saturated carbocycles. The number of hydrogen-bond acceptors (Lipinski definition) is 3. The fourth-order valence-corrected chi connectivity index (χ4v) is 3.14. The number of nitrogens with one attached hydrogen (secondary N) is 1. The number of carbonyl (C=O) groups is 2. The van der Waals surface area contributed by atoms with Crippen molar-refractivity contribution in [2.24, 2.45) is 5.92 Å². The number of benzene rings is 1. The summed E-state index contributed by atoms with van der Waals surface area (Å²) in [6.45, 7) is 0. The summed E-state index contributed by atoms with van der Waals surface area (Å²) in [7, 11) is 1.33. The minimum Gasteiger partial charge on any atom is -0.340 e. The van der Waals surface area contributed by atoms with Crippen LogP contribution in [0, 0.1) is 29.0 Å². The number of halogens is 2. The third-order valence-electron chi connectivity index (χ3n) is 4.56. The van der Waals surface area contributed by atoms with Gasteiger partial charge in [0.1, 0.15) is 6.04 Å². The lowest BCUT2D eigenvalue weighted by molar-refractivity contribution is -0.129. The molecule has 1 aliphatic rings. The van der Waals surface area contributed by atoms with Crippen molar-refractivity contribution in [1.82, 2.24) is 10.2 Å². The van der Waals surface area contributed by atoms with E-state index in [2.05, 4.69) is 5.32 Å². The Hall–Kier alpha value is -2.49. The number of nitrogens with zero attached hydrogens (tertiary/aromatic N) is 2. The second-order valence-corrected chi connectivity index (χ2v) is 6.39. The minimum absolute atomic E-state index is 0.0695. The molecule has 134 valence electrons. The van der Waals surface area contributed by atoms with Crippen molar-refractivity contribution in [2.75, 3.05) is 7.05 Å². The molecule has 5 nitrogen and oxygen atoms in total. The minimum atomic E-state index is -1.13. The number of hydrogen-bond donors (Lipinski definition) is 1. The lowest BCUT2D eigenvalue weighted by Gasteiger charge is -2.27. The third kappa shape index (κ3) is 4.99. The second-order valence-electron chi connectivity index (χ2n) is 6.39. The van der Waals surface area contributed by atoms with E-state index in [1.807, 2.05) is 0 Å². The van der Waals surface area contributed by atoms with E-state index in [4.69, 9.17) is 5.26 Å². The summed E-state index contributed by atoms with van der Waals surface area (Å²) in [5.41, 5.74) is -0.0695. The van der Waals surface area contributed by atoms with Crippen LogP contribution in [-0.4, -0.2) is 29.8 Å². The second kappa shape index (κ2) is 8.56. The maximum atomic E-state index is 13.3. The van der Waals surface area contributed by atoms with E-state index in [1.54, 1.807) is 6.19 Å². The van der Waals surface area contributed by atoms with Gasteiger partial charge in [0.2, 0.25) is 0 Å². The lowest BCUT2D eigenvalue weighted by Crippen LogP contribution is -2.47. The molecular formula is C18H21F2N3O2. The SMILES string of the molecule is CN(C#N)C(=O)[C@H](CC1CCCCC1)NC(=O)c1ccc(F)c(F)c1. The molecular weight excluding hydrogens is 328 g/mol. The summed E-state index contributed by atoms with van der Waals surface area (Å²) in [6, 6.07) is 1.95. The van der Waals surface area contributed by atoms with E-state index < -0.39 is 29.5 Å². The first-order chi connectivity index (χ1) is 11.9. The first kappa shape index (κ1) is 18.8. The molecule has 2 amide bonds. The molecule has 0 aromatic heterocycles. The lowest BCUT2D eigenvalue weighted by atomic mass is 9.84. The molecule has 2 rings (SSSR count). The summed E-state index contributed by atoms with van der Waals surface area (Å²) in [5, 5.41) is 11.5. The smallest absolute Gasteiger partial charge is 0.257 e. The van der Waals surface area contributed by atoms with E-state index in [0.29, 0.717) is 12.3 Å². The van der Waals surface area contributed by atoms with Crippen LogP contribution in [0.25, 0.3) is 0 Å². The van der Waals surface area contributed by atoms with Gasteiger partial charge in [0.05, 0.1) is 0 Å². The van der Waals surface area contributed by atoms with Crippen LogP contribution in [-0.2, 0) is 4.79 Å². The molecule has 7 heteroatoms. The molecule has 0 heterocycles. The summed E-state index contributed by atoms with van der Waals surface area (Å²) in [5.74, 6) is -3.06. The zero-order chi connectivity index (χ0) is 18.4. The quantitative estimate of drug-likeness (QED) is 0.656. The Morgan fingerprint density at radius 1 is 1.28 bits per heavy atom. The van der Waals surface area contributed by atoms with Crippen LogP contribution in [0.1, 0.15) is 48.9 Å². The number of amides is 2. The van der Waals surface area contributed by atoms with Crippen LogP contribution in [0.4, 0.5) is 8.78 Å². The van der Waals surface area contributed by atoms with E-state index in [1.165, 1.54) is 7.05 Å². The Labute approximate surface area is 145 Å². The van der Waals surface area contributed by atoms with Crippen LogP contribution in [0.2, 0.25) is 0 Å². The number of likely N-dealkylation sites (N-methyl/N-ethyl adjacent to an activating group) is 1. The highest BCUT2D eigenvalue weighted by Gasteiger charge is 2.28. The molecule has 1 aromatic rings. The third-order valence-corrected chi connectivity index (χ3v) is 4.56. The predicted octanol–water partition coefficient (Wildman–Crippen LogP) is 2.97. The fraction of sp³-hybridized carbons (Fsp3) is 0.500. The van der Waals surface area contributed by atoms with Gasteiger partial charge >= 0.3 is 0 Å². The Bertz CT molecular complexity index is 681. The molecule has 0 spiro atoms. The number of nitriles is 1. The Balaban J connectivity index is 2.13. The van der Waals surface area contributed by atoms with Crippen molar-refractivity contribution in [3.05, 3.63) is 35.4 Å². The van der Waals surface area contributed by atoms with Gasteiger partial charge in [0, 0.05) is 12.6 Å².